The van der Waals surface area contributed by atoms with Crippen molar-refractivity contribution < 1.29 is 14.6 Å². The summed E-state index contributed by atoms with van der Waals surface area (Å²) in [6.07, 6.45) is 1.64. The summed E-state index contributed by atoms with van der Waals surface area (Å²) >= 11 is 0. The largest absolute Gasteiger partial charge is 0.417 e. The van der Waals surface area contributed by atoms with Gasteiger partial charge in [0, 0.05) is 39.0 Å². The number of aliphatic hydroxyl groups is 1. The van der Waals surface area contributed by atoms with Crippen LogP contribution >= 0.6 is 0 Å². The Morgan fingerprint density at radius 3 is 2.05 bits per heavy atom. The molecular formula is C15H28N2O3. The lowest BCUT2D eigenvalue weighted by Gasteiger charge is -2.48. The van der Waals surface area contributed by atoms with Crippen molar-refractivity contribution in [1.29, 1.82) is 0 Å². The summed E-state index contributed by atoms with van der Waals surface area (Å²) in [4.78, 5) is 13.9. The number of rotatable bonds is 1. The van der Waals surface area contributed by atoms with E-state index < -0.39 is 5.79 Å². The molecule has 1 aliphatic heterocycles. The highest BCUT2D eigenvalue weighted by molar-refractivity contribution is 5.68. The molecule has 0 aromatic rings. The third kappa shape index (κ3) is 3.85. The second kappa shape index (κ2) is 5.19. The highest BCUT2D eigenvalue weighted by Gasteiger charge is 2.49. The normalized spacial score (nSPS) is 27.9. The van der Waals surface area contributed by atoms with E-state index in [4.69, 9.17) is 4.74 Å². The predicted molar refractivity (Wildman–Crippen MR) is 77.3 cm³/mol. The first-order chi connectivity index (χ1) is 9.11. The van der Waals surface area contributed by atoms with Crippen LogP contribution in [0.5, 0.6) is 0 Å². The molecule has 1 aliphatic carbocycles. The first kappa shape index (κ1) is 15.6. The second-order valence-electron chi connectivity index (χ2n) is 7.91. The highest BCUT2D eigenvalue weighted by atomic mass is 16.7. The van der Waals surface area contributed by atoms with Gasteiger partial charge in [-0.05, 0) is 17.3 Å². The van der Waals surface area contributed by atoms with Crippen LogP contribution in [0.4, 0.5) is 4.79 Å². The maximum absolute atomic E-state index is 12.2. The third-order valence-electron chi connectivity index (χ3n) is 4.12. The van der Waals surface area contributed by atoms with Crippen molar-refractivity contribution in [3.8, 4) is 0 Å². The van der Waals surface area contributed by atoms with E-state index in [9.17, 15) is 9.90 Å². The summed E-state index contributed by atoms with van der Waals surface area (Å²) in [5.41, 5.74) is -0.0551. The molecule has 2 N–H and O–H groups in total. The number of hydrogen-bond donors (Lipinski definition) is 2. The van der Waals surface area contributed by atoms with Gasteiger partial charge < -0.3 is 20.1 Å². The fraction of sp³-hybridized carbons (Fsp3) is 0.933. The Labute approximate surface area is 121 Å². The van der Waals surface area contributed by atoms with Crippen LogP contribution in [0.2, 0.25) is 0 Å². The standard InChI is InChI=1S/C15H28N2O3/c1-13(2)9-14(3,4)11-15(19,10-13)20-12(18)17-7-5-16-6-8-17/h16,19H,5-11H2,1-4H3. The first-order valence-corrected chi connectivity index (χ1v) is 7.52. The highest BCUT2D eigenvalue weighted by Crippen LogP contribution is 2.50. The minimum Gasteiger partial charge on any atom is -0.417 e. The van der Waals surface area contributed by atoms with Crippen LogP contribution in [0.1, 0.15) is 47.0 Å². The summed E-state index contributed by atoms with van der Waals surface area (Å²) in [6, 6.07) is 0. The van der Waals surface area contributed by atoms with Gasteiger partial charge in [0.15, 0.2) is 0 Å². The van der Waals surface area contributed by atoms with E-state index in [-0.39, 0.29) is 16.9 Å². The minimum absolute atomic E-state index is 0.0275. The number of nitrogens with zero attached hydrogens (tertiary/aromatic N) is 1. The summed E-state index contributed by atoms with van der Waals surface area (Å²) in [5, 5.41) is 14.0. The Morgan fingerprint density at radius 2 is 1.55 bits per heavy atom. The topological polar surface area (TPSA) is 61.8 Å². The van der Waals surface area contributed by atoms with Gasteiger partial charge in [0.25, 0.3) is 0 Å². The van der Waals surface area contributed by atoms with Gasteiger partial charge in [-0.15, -0.1) is 0 Å². The number of amides is 1. The molecule has 20 heavy (non-hydrogen) atoms. The molecule has 0 aromatic carbocycles. The van der Waals surface area contributed by atoms with Crippen LogP contribution in [0.15, 0.2) is 0 Å². The van der Waals surface area contributed by atoms with E-state index in [1.165, 1.54) is 0 Å². The summed E-state index contributed by atoms with van der Waals surface area (Å²) in [5.74, 6) is -1.34. The molecule has 116 valence electrons. The van der Waals surface area contributed by atoms with Crippen LogP contribution in [0.25, 0.3) is 0 Å². The molecule has 5 heteroatoms. The van der Waals surface area contributed by atoms with Crippen molar-refractivity contribution in [3.63, 3.8) is 0 Å². The zero-order chi connectivity index (χ0) is 15.0. The monoisotopic (exact) mass is 284 g/mol. The Balaban J connectivity index is 2.04. The van der Waals surface area contributed by atoms with E-state index in [1.807, 2.05) is 0 Å². The van der Waals surface area contributed by atoms with Gasteiger partial charge in [0.1, 0.15) is 0 Å². The zero-order valence-electron chi connectivity index (χ0n) is 13.2. The molecule has 0 bridgehead atoms. The average molecular weight is 284 g/mol. The molecule has 1 amide bonds. The Morgan fingerprint density at radius 1 is 1.05 bits per heavy atom. The van der Waals surface area contributed by atoms with Gasteiger partial charge in [-0.25, -0.2) is 4.79 Å². The van der Waals surface area contributed by atoms with Gasteiger partial charge in [0.2, 0.25) is 5.79 Å². The lowest BCUT2D eigenvalue weighted by atomic mass is 9.63. The molecule has 0 radical (unpaired) electrons. The smallest absolute Gasteiger partial charge is 0.412 e. The molecule has 1 heterocycles. The van der Waals surface area contributed by atoms with Crippen LogP contribution in [-0.2, 0) is 4.74 Å². The van der Waals surface area contributed by atoms with Crippen molar-refractivity contribution in [3.05, 3.63) is 0 Å². The average Bonchev–Trinajstić information content (AvgIpc) is 2.24. The van der Waals surface area contributed by atoms with Gasteiger partial charge in [0.05, 0.1) is 0 Å². The van der Waals surface area contributed by atoms with Gasteiger partial charge in [-0.2, -0.15) is 0 Å². The molecule has 2 rings (SSSR count). The molecule has 0 atom stereocenters. The van der Waals surface area contributed by atoms with E-state index in [1.54, 1.807) is 4.90 Å². The quantitative estimate of drug-likeness (QED) is 0.723. The Bertz CT molecular complexity index is 357. The number of piperazine rings is 1. The molecule has 2 aliphatic rings. The molecule has 0 spiro atoms. The van der Waals surface area contributed by atoms with E-state index in [0.29, 0.717) is 25.9 Å². The lowest BCUT2D eigenvalue weighted by molar-refractivity contribution is -0.228. The Kier molecular flexibility index (Phi) is 4.04. The molecule has 2 fully saturated rings. The molecule has 1 saturated carbocycles. The maximum atomic E-state index is 12.2. The molecule has 5 nitrogen and oxygen atoms in total. The molecule has 0 unspecified atom stereocenters. The fourth-order valence-corrected chi connectivity index (χ4v) is 4.13. The van der Waals surface area contributed by atoms with Crippen LogP contribution in [0.3, 0.4) is 0 Å². The van der Waals surface area contributed by atoms with E-state index in [0.717, 1.165) is 19.5 Å². The summed E-state index contributed by atoms with van der Waals surface area (Å²) in [7, 11) is 0. The van der Waals surface area contributed by atoms with E-state index >= 15 is 0 Å². The SMILES string of the molecule is CC1(C)CC(C)(C)CC(O)(OC(=O)N2CCNCC2)C1. The summed E-state index contributed by atoms with van der Waals surface area (Å²) in [6.45, 7) is 11.3. The predicted octanol–water partition coefficient (Wildman–Crippen LogP) is 1.95. The second-order valence-corrected chi connectivity index (χ2v) is 7.91. The van der Waals surface area contributed by atoms with Crippen molar-refractivity contribution in [2.24, 2.45) is 10.8 Å². The number of hydrogen-bond acceptors (Lipinski definition) is 4. The summed E-state index contributed by atoms with van der Waals surface area (Å²) < 4.78 is 5.50. The number of ether oxygens (including phenoxy) is 1. The first-order valence-electron chi connectivity index (χ1n) is 7.52. The van der Waals surface area contributed by atoms with Crippen molar-refractivity contribution >= 4 is 6.09 Å². The third-order valence-corrected chi connectivity index (χ3v) is 4.12. The van der Waals surface area contributed by atoms with Crippen molar-refractivity contribution in [2.75, 3.05) is 26.2 Å². The lowest BCUT2D eigenvalue weighted by Crippen LogP contribution is -2.53. The molecular weight excluding hydrogens is 256 g/mol. The van der Waals surface area contributed by atoms with Crippen LogP contribution in [0, 0.1) is 10.8 Å². The van der Waals surface area contributed by atoms with Gasteiger partial charge >= 0.3 is 6.09 Å². The van der Waals surface area contributed by atoms with Gasteiger partial charge in [-0.1, -0.05) is 27.7 Å². The molecule has 1 saturated heterocycles. The minimum atomic E-state index is -1.34. The number of nitrogens with one attached hydrogen (secondary N) is 1. The molecule has 0 aromatic heterocycles. The fourth-order valence-electron chi connectivity index (χ4n) is 4.13. The van der Waals surface area contributed by atoms with Crippen molar-refractivity contribution in [1.82, 2.24) is 10.2 Å². The number of carbonyl (C=O) groups excluding carboxylic acids is 1. The van der Waals surface area contributed by atoms with Crippen LogP contribution < -0.4 is 5.32 Å². The maximum Gasteiger partial charge on any atom is 0.412 e. The zero-order valence-corrected chi connectivity index (χ0v) is 13.2. The van der Waals surface area contributed by atoms with E-state index in [2.05, 4.69) is 33.0 Å². The Hall–Kier alpha value is -0.810. The van der Waals surface area contributed by atoms with Crippen LogP contribution in [-0.4, -0.2) is 48.1 Å². The number of carbonyl (C=O) groups is 1. The van der Waals surface area contributed by atoms with Gasteiger partial charge in [-0.3, -0.25) is 0 Å². The van der Waals surface area contributed by atoms with Crippen molar-refractivity contribution in [2.45, 2.75) is 52.7 Å².